The van der Waals surface area contributed by atoms with Crippen molar-refractivity contribution in [3.8, 4) is 45.5 Å². The van der Waals surface area contributed by atoms with E-state index in [0.29, 0.717) is 52.2 Å². The van der Waals surface area contributed by atoms with E-state index in [9.17, 15) is 32.8 Å². The number of rotatable bonds is 20. The molecule has 6 N–H and O–H groups in total. The SMILES string of the molecule is CC(=O)OCC(=O)Cl.N[C@@H](Cc1cnc[nH]1)C(=O)Cc1cccc(-c2ccc(Oc3ccc(F)cc3)cc2)n1.O=C(CO)N[C@@H](Cc1cnc[nH]1)C(=O)Cc1cccc(-c2ccc(Oc3ccc(F)cc3)cc2)n1. The van der Waals surface area contributed by atoms with Crippen LogP contribution >= 0.6 is 11.6 Å². The van der Waals surface area contributed by atoms with Gasteiger partial charge in [0.15, 0.2) is 18.2 Å². The molecule has 8 aromatic rings. The molecule has 2 atom stereocenters. The summed E-state index contributed by atoms with van der Waals surface area (Å²) in [6.45, 7) is 0.165. The number of H-pyrrole nitrogens is 2. The molecule has 0 unspecified atom stereocenters. The average molecular weight is 1030 g/mol. The van der Waals surface area contributed by atoms with Crippen LogP contribution in [0.1, 0.15) is 29.7 Å². The van der Waals surface area contributed by atoms with Crippen molar-refractivity contribution in [3.63, 3.8) is 0 Å². The Labute approximate surface area is 428 Å². The van der Waals surface area contributed by atoms with Crippen molar-refractivity contribution in [3.05, 3.63) is 193 Å². The van der Waals surface area contributed by atoms with Gasteiger partial charge < -0.3 is 40.3 Å². The van der Waals surface area contributed by atoms with Crippen molar-refractivity contribution in [1.82, 2.24) is 35.2 Å². The van der Waals surface area contributed by atoms with Crippen LogP contribution in [-0.2, 0) is 54.4 Å². The topological polar surface area (TPSA) is 254 Å². The molecule has 17 nitrogen and oxygen atoms in total. The predicted octanol–water partition coefficient (Wildman–Crippen LogP) is 7.63. The molecule has 0 spiro atoms. The first-order valence-electron chi connectivity index (χ1n) is 22.7. The number of aliphatic hydroxyl groups is 1. The normalized spacial score (nSPS) is 11.3. The van der Waals surface area contributed by atoms with E-state index >= 15 is 0 Å². The Balaban J connectivity index is 0.000000211. The third-order valence-corrected chi connectivity index (χ3v) is 10.5. The Bertz CT molecular complexity index is 3060. The summed E-state index contributed by atoms with van der Waals surface area (Å²) in [5, 5.41) is 11.0. The van der Waals surface area contributed by atoms with E-state index < -0.39 is 35.8 Å². The fourth-order valence-electron chi connectivity index (χ4n) is 6.76. The van der Waals surface area contributed by atoms with Gasteiger partial charge in [-0.05, 0) is 133 Å². The van der Waals surface area contributed by atoms with Crippen molar-refractivity contribution in [2.24, 2.45) is 5.73 Å². The summed E-state index contributed by atoms with van der Waals surface area (Å²) in [5.74, 6) is 0.201. The van der Waals surface area contributed by atoms with Crippen molar-refractivity contribution in [1.29, 1.82) is 0 Å². The van der Waals surface area contributed by atoms with E-state index in [1.165, 1.54) is 37.5 Å². The van der Waals surface area contributed by atoms with Gasteiger partial charge >= 0.3 is 5.97 Å². The summed E-state index contributed by atoms with van der Waals surface area (Å²) in [7, 11) is 0. The quantitative estimate of drug-likeness (QED) is 0.0364. The Hall–Kier alpha value is -8.78. The lowest BCUT2D eigenvalue weighted by molar-refractivity contribution is -0.143. The molecule has 0 aliphatic heterocycles. The van der Waals surface area contributed by atoms with Crippen LogP contribution in [0.2, 0.25) is 0 Å². The van der Waals surface area contributed by atoms with Crippen LogP contribution in [0.5, 0.6) is 23.0 Å². The molecule has 74 heavy (non-hydrogen) atoms. The molecule has 20 heteroatoms. The molecule has 0 fully saturated rings. The van der Waals surface area contributed by atoms with E-state index in [2.05, 4.69) is 40.0 Å². The van der Waals surface area contributed by atoms with Crippen LogP contribution in [0.15, 0.2) is 159 Å². The van der Waals surface area contributed by atoms with Crippen LogP contribution in [0.4, 0.5) is 8.78 Å². The lowest BCUT2D eigenvalue weighted by atomic mass is 10.0. The maximum Gasteiger partial charge on any atom is 0.303 e. The molecular weight excluding hydrogens is 978 g/mol. The van der Waals surface area contributed by atoms with Crippen molar-refractivity contribution in [2.45, 2.75) is 44.7 Å². The number of esters is 1. The molecular formula is C54H49ClF2N8O9. The minimum absolute atomic E-state index is 0.00408. The van der Waals surface area contributed by atoms with Gasteiger partial charge in [0.25, 0.3) is 5.24 Å². The highest BCUT2D eigenvalue weighted by molar-refractivity contribution is 6.64. The van der Waals surface area contributed by atoms with E-state index in [4.69, 9.17) is 31.9 Å². The number of pyridine rings is 2. The number of aromatic nitrogens is 6. The number of carbonyl (C=O) groups is 5. The van der Waals surface area contributed by atoms with Gasteiger partial charge in [0, 0.05) is 66.1 Å². The molecule has 1 amide bonds. The largest absolute Gasteiger partial charge is 0.457 e. The summed E-state index contributed by atoms with van der Waals surface area (Å²) in [6, 6.07) is 35.8. The van der Waals surface area contributed by atoms with Gasteiger partial charge in [-0.15, -0.1) is 0 Å². The minimum Gasteiger partial charge on any atom is -0.457 e. The van der Waals surface area contributed by atoms with Gasteiger partial charge in [0.05, 0.1) is 49.0 Å². The molecule has 0 bridgehead atoms. The second-order valence-electron chi connectivity index (χ2n) is 16.1. The second kappa shape index (κ2) is 27.7. The highest BCUT2D eigenvalue weighted by atomic mass is 35.5. The Kier molecular flexibility index (Phi) is 20.4. The average Bonchev–Trinajstić information content (AvgIpc) is 4.13. The number of hydrogen-bond donors (Lipinski definition) is 5. The molecule has 4 aromatic carbocycles. The number of Topliss-reactive ketones (excluding diaryl/α,β-unsaturated/α-hetero) is 2. The highest BCUT2D eigenvalue weighted by Crippen LogP contribution is 2.27. The summed E-state index contributed by atoms with van der Waals surface area (Å²) < 4.78 is 41.7. The Morgan fingerprint density at radius 1 is 0.635 bits per heavy atom. The lowest BCUT2D eigenvalue weighted by Gasteiger charge is -2.16. The smallest absolute Gasteiger partial charge is 0.303 e. The fraction of sp³-hybridized carbons (Fsp3) is 0.167. The second-order valence-corrected chi connectivity index (χ2v) is 16.5. The summed E-state index contributed by atoms with van der Waals surface area (Å²) in [6.07, 6.45) is 7.09. The lowest BCUT2D eigenvalue weighted by Crippen LogP contribution is -2.44. The number of nitrogens with one attached hydrogen (secondary N) is 3. The van der Waals surface area contributed by atoms with E-state index in [1.54, 1.807) is 61.2 Å². The number of amides is 1. The predicted molar refractivity (Wildman–Crippen MR) is 269 cm³/mol. The number of carbonyl (C=O) groups excluding carboxylic acids is 5. The van der Waals surface area contributed by atoms with Gasteiger partial charge in [0.1, 0.15) is 41.2 Å². The molecule has 0 saturated heterocycles. The summed E-state index contributed by atoms with van der Waals surface area (Å²) in [5.41, 5.74) is 11.9. The summed E-state index contributed by atoms with van der Waals surface area (Å²) >= 11 is 4.81. The van der Waals surface area contributed by atoms with E-state index in [0.717, 1.165) is 22.5 Å². The molecule has 380 valence electrons. The first kappa shape index (κ1) is 54.6. The van der Waals surface area contributed by atoms with Crippen LogP contribution in [0.3, 0.4) is 0 Å². The van der Waals surface area contributed by atoms with Gasteiger partial charge in [-0.1, -0.05) is 12.1 Å². The number of aromatic amines is 2. The zero-order chi connectivity index (χ0) is 52.8. The Morgan fingerprint density at radius 3 is 1.46 bits per heavy atom. The molecule has 0 radical (unpaired) electrons. The number of nitrogens with two attached hydrogens (primary N) is 1. The monoisotopic (exact) mass is 1030 g/mol. The van der Waals surface area contributed by atoms with Crippen LogP contribution in [-0.4, -0.2) is 89.0 Å². The van der Waals surface area contributed by atoms with Crippen LogP contribution < -0.4 is 20.5 Å². The van der Waals surface area contributed by atoms with Gasteiger partial charge in [-0.25, -0.2) is 18.7 Å². The standard InChI is InChI=1S/C26H23FN4O4.C24H21FN4O2.C4H5ClO3/c27-18-6-10-22(11-7-18)35-21-8-4-17(5-9-21)23-3-1-2-19(30-23)13-25(33)24(31-26(34)15-32)12-20-14-28-16-29-20;25-17-6-10-21(11-7-17)31-20-8-4-16(5-9-20)23-3-1-2-18(29-23)13-24(30)22(26)12-19-14-27-15-28-19;1-3(6)8-2-4(5)7/h1-11,14,16,24,32H,12-13,15H2,(H,28,29)(H,31,34);1-11,14-15,22H,12-13,26H2,(H,27,28);2H2,1H3/t24-;22-;/m00./s1. The minimum atomic E-state index is -0.830. The first-order valence-corrected chi connectivity index (χ1v) is 23.0. The van der Waals surface area contributed by atoms with Crippen molar-refractivity contribution < 1.29 is 52.1 Å². The van der Waals surface area contributed by atoms with Crippen LogP contribution in [0, 0.1) is 11.6 Å². The zero-order valence-electron chi connectivity index (χ0n) is 39.6. The third kappa shape index (κ3) is 18.1. The molecule has 0 aliphatic rings. The Morgan fingerprint density at radius 2 is 1.07 bits per heavy atom. The van der Waals surface area contributed by atoms with Gasteiger partial charge in [0.2, 0.25) is 5.91 Å². The number of nitrogens with zero attached hydrogens (tertiary/aromatic N) is 4. The summed E-state index contributed by atoms with van der Waals surface area (Å²) in [4.78, 5) is 79.9. The first-order chi connectivity index (χ1) is 35.7. The fourth-order valence-corrected chi connectivity index (χ4v) is 6.82. The van der Waals surface area contributed by atoms with Crippen molar-refractivity contribution in [2.75, 3.05) is 13.2 Å². The molecule has 0 saturated carbocycles. The van der Waals surface area contributed by atoms with Crippen LogP contribution in [0.25, 0.3) is 22.5 Å². The third-order valence-electron chi connectivity index (χ3n) is 10.4. The maximum atomic E-state index is 13.1. The zero-order valence-corrected chi connectivity index (χ0v) is 40.4. The number of benzene rings is 4. The van der Waals surface area contributed by atoms with E-state index in [-0.39, 0.29) is 49.1 Å². The molecule has 4 aromatic heterocycles. The van der Waals surface area contributed by atoms with Gasteiger partial charge in [-0.3, -0.25) is 33.9 Å². The number of ether oxygens (including phenoxy) is 3. The highest BCUT2D eigenvalue weighted by Gasteiger charge is 2.23. The van der Waals surface area contributed by atoms with E-state index in [1.807, 2.05) is 66.7 Å². The van der Waals surface area contributed by atoms with Gasteiger partial charge in [-0.2, -0.15) is 0 Å². The number of ketones is 2. The molecule has 4 heterocycles. The molecule has 8 rings (SSSR count). The maximum absolute atomic E-state index is 13.1. The number of halogens is 3. The van der Waals surface area contributed by atoms with Crippen molar-refractivity contribution >= 4 is 40.3 Å². The number of aliphatic hydroxyl groups excluding tert-OH is 1. The number of imidazole rings is 2. The number of hydrogen-bond acceptors (Lipinski definition) is 14. The molecule has 0 aliphatic carbocycles.